The number of hydrogen-bond donors (Lipinski definition) is 0. The third kappa shape index (κ3) is 5.61. The Morgan fingerprint density at radius 2 is 1.93 bits per heavy atom. The molecule has 2 fully saturated rings. The van der Waals surface area contributed by atoms with Gasteiger partial charge in [0.2, 0.25) is 0 Å². The summed E-state index contributed by atoms with van der Waals surface area (Å²) in [5.41, 5.74) is 0.829. The maximum atomic E-state index is 12.3. The van der Waals surface area contributed by atoms with E-state index in [2.05, 4.69) is 5.16 Å². The fourth-order valence-corrected chi connectivity index (χ4v) is 3.71. The van der Waals surface area contributed by atoms with Crippen LogP contribution in [-0.4, -0.2) is 62.1 Å². The molecule has 3 rings (SSSR count). The number of nitrogens with zero attached hydrogens (tertiary/aromatic N) is 2. The van der Waals surface area contributed by atoms with E-state index in [0.717, 1.165) is 18.4 Å². The van der Waals surface area contributed by atoms with E-state index >= 15 is 0 Å². The van der Waals surface area contributed by atoms with Crippen LogP contribution in [0.1, 0.15) is 45.1 Å². The van der Waals surface area contributed by atoms with Gasteiger partial charge in [0, 0.05) is 18.7 Å². The first-order valence-electron chi connectivity index (χ1n) is 9.98. The number of morpholine rings is 1. The molecule has 1 saturated heterocycles. The Kier molecular flexibility index (Phi) is 7.14. The molecule has 2 atom stereocenters. The minimum absolute atomic E-state index is 0.0359. The summed E-state index contributed by atoms with van der Waals surface area (Å²) in [6, 6.07) is 5.62. The van der Waals surface area contributed by atoms with E-state index in [9.17, 15) is 4.79 Å². The Labute approximate surface area is 166 Å². The minimum atomic E-state index is -0.0858. The van der Waals surface area contributed by atoms with E-state index in [0.29, 0.717) is 24.6 Å². The molecule has 0 N–H and O–H groups in total. The predicted octanol–water partition coefficient (Wildman–Crippen LogP) is 3.00. The Balaban J connectivity index is 1.52. The highest BCUT2D eigenvalue weighted by atomic mass is 16.6. The van der Waals surface area contributed by atoms with Gasteiger partial charge in [0.1, 0.15) is 0 Å². The molecule has 0 aromatic heterocycles. The maximum Gasteiger partial charge on any atom is 0.263 e. The molecule has 28 heavy (non-hydrogen) atoms. The summed E-state index contributed by atoms with van der Waals surface area (Å²) in [5, 5.41) is 3.94. The number of carbonyl (C=O) groups is 1. The quantitative estimate of drug-likeness (QED) is 0.529. The van der Waals surface area contributed by atoms with Crippen LogP contribution in [0, 0.1) is 0 Å². The van der Waals surface area contributed by atoms with Crippen LogP contribution < -0.4 is 9.47 Å². The highest BCUT2D eigenvalue weighted by Gasteiger charge is 2.26. The molecule has 1 aliphatic carbocycles. The van der Waals surface area contributed by atoms with Gasteiger partial charge in [0.15, 0.2) is 18.1 Å². The molecule has 0 bridgehead atoms. The third-order valence-electron chi connectivity index (χ3n) is 5.02. The van der Waals surface area contributed by atoms with Gasteiger partial charge in [-0.3, -0.25) is 4.79 Å². The van der Waals surface area contributed by atoms with Gasteiger partial charge in [-0.15, -0.1) is 0 Å². The molecule has 1 aromatic carbocycles. The smallest absolute Gasteiger partial charge is 0.263 e. The molecule has 1 amide bonds. The lowest BCUT2D eigenvalue weighted by Gasteiger charge is -2.34. The highest BCUT2D eigenvalue weighted by molar-refractivity contribution is 5.81. The highest BCUT2D eigenvalue weighted by Crippen LogP contribution is 2.32. The molecule has 2 aliphatic rings. The second-order valence-corrected chi connectivity index (χ2v) is 7.50. The van der Waals surface area contributed by atoms with E-state index < -0.39 is 0 Å². The number of rotatable bonds is 7. The molecule has 7 nitrogen and oxygen atoms in total. The minimum Gasteiger partial charge on any atom is -0.493 e. The van der Waals surface area contributed by atoms with Crippen LogP contribution in [-0.2, 0) is 14.4 Å². The second-order valence-electron chi connectivity index (χ2n) is 7.50. The van der Waals surface area contributed by atoms with Crippen molar-refractivity contribution in [1.82, 2.24) is 4.90 Å². The Morgan fingerprint density at radius 3 is 2.61 bits per heavy atom. The average Bonchev–Trinajstić information content (AvgIpc) is 3.17. The monoisotopic (exact) mass is 390 g/mol. The van der Waals surface area contributed by atoms with Gasteiger partial charge in [-0.25, -0.2) is 0 Å². The molecule has 1 heterocycles. The van der Waals surface area contributed by atoms with Crippen LogP contribution >= 0.6 is 0 Å². The SMILES string of the molecule is COc1ccc(/C=N\OCC(=O)N2CC(C)OC(C)C2)cc1OC1CCCC1. The fourth-order valence-electron chi connectivity index (χ4n) is 3.71. The van der Waals surface area contributed by atoms with Crippen molar-refractivity contribution in [3.05, 3.63) is 23.8 Å². The zero-order valence-electron chi connectivity index (χ0n) is 16.9. The number of methoxy groups -OCH3 is 1. The van der Waals surface area contributed by atoms with Gasteiger partial charge in [-0.2, -0.15) is 0 Å². The van der Waals surface area contributed by atoms with Crippen LogP contribution in [0.3, 0.4) is 0 Å². The fraction of sp³-hybridized carbons (Fsp3) is 0.619. The van der Waals surface area contributed by atoms with Crippen molar-refractivity contribution in [2.45, 2.75) is 57.8 Å². The van der Waals surface area contributed by atoms with Crippen molar-refractivity contribution in [2.75, 3.05) is 26.8 Å². The van der Waals surface area contributed by atoms with Crippen LogP contribution in [0.5, 0.6) is 11.5 Å². The summed E-state index contributed by atoms with van der Waals surface area (Å²) in [7, 11) is 1.63. The number of carbonyl (C=O) groups excluding carboxylic acids is 1. The first-order chi connectivity index (χ1) is 13.5. The van der Waals surface area contributed by atoms with Gasteiger partial charge in [-0.05, 0) is 57.7 Å². The first-order valence-corrected chi connectivity index (χ1v) is 9.98. The summed E-state index contributed by atoms with van der Waals surface area (Å²) < 4.78 is 17.1. The normalized spacial score (nSPS) is 23.2. The van der Waals surface area contributed by atoms with Crippen LogP contribution in [0.25, 0.3) is 0 Å². The molecule has 2 unspecified atom stereocenters. The van der Waals surface area contributed by atoms with Gasteiger partial charge in [0.25, 0.3) is 5.91 Å². The lowest BCUT2D eigenvalue weighted by molar-refractivity contribution is -0.147. The lowest BCUT2D eigenvalue weighted by Crippen LogP contribution is -2.49. The van der Waals surface area contributed by atoms with Crippen molar-refractivity contribution < 1.29 is 23.8 Å². The maximum absolute atomic E-state index is 12.3. The summed E-state index contributed by atoms with van der Waals surface area (Å²) in [5.74, 6) is 1.33. The molecule has 7 heteroatoms. The van der Waals surface area contributed by atoms with E-state index in [4.69, 9.17) is 19.0 Å². The Morgan fingerprint density at radius 1 is 1.21 bits per heavy atom. The van der Waals surface area contributed by atoms with Crippen LogP contribution in [0.2, 0.25) is 0 Å². The number of ether oxygens (including phenoxy) is 3. The van der Waals surface area contributed by atoms with Crippen molar-refractivity contribution in [3.8, 4) is 11.5 Å². The van der Waals surface area contributed by atoms with E-state index in [-0.39, 0.29) is 30.8 Å². The van der Waals surface area contributed by atoms with Crippen LogP contribution in [0.4, 0.5) is 0 Å². The second kappa shape index (κ2) is 9.78. The Hall–Kier alpha value is -2.28. The number of benzene rings is 1. The largest absolute Gasteiger partial charge is 0.493 e. The molecule has 0 radical (unpaired) electrons. The molecule has 154 valence electrons. The summed E-state index contributed by atoms with van der Waals surface area (Å²) >= 11 is 0. The standard InChI is InChI=1S/C21H30N2O5/c1-15-12-23(13-16(2)27-15)21(24)14-26-22-11-17-8-9-19(25-3)20(10-17)28-18-6-4-5-7-18/h8-11,15-16,18H,4-7,12-14H2,1-3H3/b22-11-. The molecule has 0 spiro atoms. The van der Waals surface area contributed by atoms with E-state index in [1.807, 2.05) is 32.0 Å². The van der Waals surface area contributed by atoms with Crippen molar-refractivity contribution in [2.24, 2.45) is 5.16 Å². The molecule has 1 saturated carbocycles. The van der Waals surface area contributed by atoms with Crippen molar-refractivity contribution in [1.29, 1.82) is 0 Å². The lowest BCUT2D eigenvalue weighted by atomic mass is 10.2. The van der Waals surface area contributed by atoms with E-state index in [1.54, 1.807) is 18.2 Å². The summed E-state index contributed by atoms with van der Waals surface area (Å²) in [6.45, 7) is 5.00. The predicted molar refractivity (Wildman–Crippen MR) is 106 cm³/mol. The number of oxime groups is 1. The average molecular weight is 390 g/mol. The molecular formula is C21H30N2O5. The van der Waals surface area contributed by atoms with E-state index in [1.165, 1.54) is 12.8 Å². The third-order valence-corrected chi connectivity index (χ3v) is 5.02. The van der Waals surface area contributed by atoms with Gasteiger partial charge < -0.3 is 23.9 Å². The van der Waals surface area contributed by atoms with Gasteiger partial charge in [0.05, 0.1) is 31.6 Å². The van der Waals surface area contributed by atoms with Gasteiger partial charge in [-0.1, -0.05) is 5.16 Å². The van der Waals surface area contributed by atoms with Crippen molar-refractivity contribution >= 4 is 12.1 Å². The van der Waals surface area contributed by atoms with Crippen molar-refractivity contribution in [3.63, 3.8) is 0 Å². The summed E-state index contributed by atoms with van der Waals surface area (Å²) in [6.07, 6.45) is 6.46. The van der Waals surface area contributed by atoms with Crippen LogP contribution in [0.15, 0.2) is 23.4 Å². The molecule has 1 aliphatic heterocycles. The number of amides is 1. The molecular weight excluding hydrogens is 360 g/mol. The molecule has 1 aromatic rings. The summed E-state index contributed by atoms with van der Waals surface area (Å²) in [4.78, 5) is 19.2. The number of hydrogen-bond acceptors (Lipinski definition) is 6. The zero-order chi connectivity index (χ0) is 19.9. The first kappa shape index (κ1) is 20.5. The Bertz CT molecular complexity index is 677. The topological polar surface area (TPSA) is 69.6 Å². The van der Waals surface area contributed by atoms with Gasteiger partial charge >= 0.3 is 0 Å². The zero-order valence-corrected chi connectivity index (χ0v) is 16.9.